The Hall–Kier alpha value is -0.594. The molecule has 3 heterocycles. The summed E-state index contributed by atoms with van der Waals surface area (Å²) in [6, 6.07) is 8.25. The van der Waals surface area contributed by atoms with Gasteiger partial charge in [-0.3, -0.25) is 9.59 Å². The largest absolute Gasteiger partial charge is 1.00 e. The Bertz CT molecular complexity index is 965. The fourth-order valence-electron chi connectivity index (χ4n) is 3.73. The average Bonchev–Trinajstić information content (AvgIpc) is 3.23. The van der Waals surface area contributed by atoms with E-state index in [1.54, 1.807) is 19.2 Å². The molecule has 1 N–H and O–H groups in total. The van der Waals surface area contributed by atoms with Crippen molar-refractivity contribution >= 4 is 40.8 Å². The van der Waals surface area contributed by atoms with Crippen LogP contribution in [0, 0.1) is 5.92 Å². The Morgan fingerprint density at radius 1 is 1.28 bits per heavy atom. The van der Waals surface area contributed by atoms with Crippen LogP contribution in [0.1, 0.15) is 24.3 Å². The van der Waals surface area contributed by atoms with Gasteiger partial charge in [0.15, 0.2) is 0 Å². The number of aliphatic carboxylic acids is 1. The van der Waals surface area contributed by atoms with E-state index in [4.69, 9.17) is 0 Å². The number of aliphatic hydroxyl groups excluding tert-OH is 1. The van der Waals surface area contributed by atoms with Crippen molar-refractivity contribution in [1.82, 2.24) is 9.88 Å². The number of hydrogen-bond donors (Lipinski definition) is 1. The molecule has 4 atom stereocenters. The van der Waals surface area contributed by atoms with Crippen molar-refractivity contribution in [3.63, 3.8) is 0 Å². The third-order valence-electron chi connectivity index (χ3n) is 5.09. The van der Waals surface area contributed by atoms with E-state index in [0.29, 0.717) is 5.01 Å². The van der Waals surface area contributed by atoms with E-state index in [1.807, 2.05) is 30.3 Å². The maximum absolute atomic E-state index is 12.7. The number of thioether (sulfide) groups is 1. The predicted octanol–water partition coefficient (Wildman–Crippen LogP) is -2.21. The molecule has 2 aliphatic heterocycles. The Kier molecular flexibility index (Phi) is 6.77. The standard InChI is InChI=1S/C19H18N2O5S2.K/c1-19(2)14(18(25)26)21-16(24)11(17(21)28-19)13(23)12(22)10-8-27-15(20-10)9-6-4-3-5-7-9;/h3-8,11,13-14,17,23H,1-2H3,(H,25,26);/q;+1/p-1/t11-,13+,14+,17-;/m1./s1. The van der Waals surface area contributed by atoms with Crippen LogP contribution >= 0.6 is 23.1 Å². The predicted molar refractivity (Wildman–Crippen MR) is 102 cm³/mol. The van der Waals surface area contributed by atoms with E-state index in [-0.39, 0.29) is 57.1 Å². The maximum atomic E-state index is 12.7. The molecule has 0 aliphatic carbocycles. The monoisotopic (exact) mass is 456 g/mol. The molecule has 1 aromatic heterocycles. The quantitative estimate of drug-likeness (QED) is 0.308. The topological polar surface area (TPSA) is 111 Å². The Morgan fingerprint density at radius 2 is 1.93 bits per heavy atom. The number of carbonyl (C=O) groups is 3. The minimum Gasteiger partial charge on any atom is -0.548 e. The number of carboxylic acids is 1. The number of Topliss-reactive ketones (excluding diaryl/α,β-unsaturated/α-hetero) is 1. The third-order valence-corrected chi connectivity index (χ3v) is 7.58. The van der Waals surface area contributed by atoms with Crippen LogP contribution in [0.5, 0.6) is 0 Å². The van der Waals surface area contributed by atoms with Crippen molar-refractivity contribution in [2.75, 3.05) is 0 Å². The fraction of sp³-hybridized carbons (Fsp3) is 0.368. The van der Waals surface area contributed by atoms with E-state index in [1.165, 1.54) is 28.0 Å². The number of thiazole rings is 1. The number of aliphatic hydroxyl groups is 1. The van der Waals surface area contributed by atoms with E-state index in [0.717, 1.165) is 5.56 Å². The number of aromatic nitrogens is 1. The first-order valence-corrected chi connectivity index (χ1v) is 10.4. The number of fused-ring (bicyclic) bond motifs is 1. The zero-order valence-electron chi connectivity index (χ0n) is 16.1. The number of nitrogens with zero attached hydrogens (tertiary/aromatic N) is 2. The van der Waals surface area contributed by atoms with Gasteiger partial charge in [-0.15, -0.1) is 23.1 Å². The number of benzene rings is 1. The van der Waals surface area contributed by atoms with Crippen LogP contribution in [0.25, 0.3) is 10.6 Å². The minimum absolute atomic E-state index is 0. The Labute approximate surface area is 218 Å². The van der Waals surface area contributed by atoms with Gasteiger partial charge in [0.25, 0.3) is 0 Å². The molecular weight excluding hydrogens is 439 g/mol. The van der Waals surface area contributed by atoms with Crippen molar-refractivity contribution in [3.8, 4) is 10.6 Å². The number of amides is 1. The van der Waals surface area contributed by atoms with Crippen LogP contribution in [0.4, 0.5) is 0 Å². The second-order valence-electron chi connectivity index (χ2n) is 7.32. The van der Waals surface area contributed by atoms with Crippen molar-refractivity contribution in [3.05, 3.63) is 41.4 Å². The smallest absolute Gasteiger partial charge is 0.548 e. The first-order valence-electron chi connectivity index (χ1n) is 8.66. The molecule has 2 saturated heterocycles. The summed E-state index contributed by atoms with van der Waals surface area (Å²) in [4.78, 5) is 42.2. The third kappa shape index (κ3) is 3.89. The Balaban J connectivity index is 0.00000240. The zero-order valence-corrected chi connectivity index (χ0v) is 20.8. The minimum atomic E-state index is -1.57. The van der Waals surface area contributed by atoms with E-state index in [9.17, 15) is 24.6 Å². The molecule has 4 rings (SSSR count). The second-order valence-corrected chi connectivity index (χ2v) is 9.95. The SMILES string of the molecule is CC1(C)S[C@@H]2[C@H]([C@H](O)C(=O)c3csc(-c4ccccc4)n3)C(=O)N2[C@H]1C(=O)[O-].[K+]. The van der Waals surface area contributed by atoms with Crippen LogP contribution in [0.15, 0.2) is 35.7 Å². The molecule has 1 amide bonds. The molecule has 146 valence electrons. The summed E-state index contributed by atoms with van der Waals surface area (Å²) >= 11 is 2.54. The molecular formula is C19H17KN2O5S2. The first kappa shape index (κ1) is 23.1. The summed E-state index contributed by atoms with van der Waals surface area (Å²) in [7, 11) is 0. The normalized spacial score (nSPS) is 25.6. The summed E-state index contributed by atoms with van der Waals surface area (Å²) in [5.74, 6) is -3.49. The van der Waals surface area contributed by atoms with Crippen LogP contribution in [0.3, 0.4) is 0 Å². The van der Waals surface area contributed by atoms with Crippen LogP contribution in [-0.2, 0) is 9.59 Å². The molecule has 2 fully saturated rings. The maximum Gasteiger partial charge on any atom is 1.00 e. The first-order chi connectivity index (χ1) is 13.2. The van der Waals surface area contributed by atoms with Gasteiger partial charge < -0.3 is 19.9 Å². The number of carboxylic acid groups (broad SMARTS) is 1. The molecule has 2 aromatic rings. The number of ketones is 1. The van der Waals surface area contributed by atoms with Gasteiger partial charge in [0.05, 0.1) is 17.4 Å². The number of hydrogen-bond acceptors (Lipinski definition) is 8. The number of carbonyl (C=O) groups excluding carboxylic acids is 3. The molecule has 0 saturated carbocycles. The molecule has 0 spiro atoms. The van der Waals surface area contributed by atoms with Gasteiger partial charge in [-0.1, -0.05) is 30.3 Å². The second kappa shape index (κ2) is 8.50. The van der Waals surface area contributed by atoms with Crippen molar-refractivity contribution in [1.29, 1.82) is 0 Å². The van der Waals surface area contributed by atoms with Crippen molar-refractivity contribution in [2.45, 2.75) is 36.1 Å². The van der Waals surface area contributed by atoms with Gasteiger partial charge in [0.1, 0.15) is 22.7 Å². The molecule has 1 aromatic carbocycles. The summed E-state index contributed by atoms with van der Waals surface area (Å²) in [6.07, 6.45) is -1.57. The summed E-state index contributed by atoms with van der Waals surface area (Å²) in [6.45, 7) is 3.42. The molecule has 0 bridgehead atoms. The van der Waals surface area contributed by atoms with Crippen molar-refractivity contribution < 1.29 is 76.0 Å². The van der Waals surface area contributed by atoms with E-state index >= 15 is 0 Å². The summed E-state index contributed by atoms with van der Waals surface area (Å²) in [5.41, 5.74) is 0.957. The fourth-order valence-corrected chi connectivity index (χ4v) is 6.26. The Morgan fingerprint density at radius 3 is 2.55 bits per heavy atom. The van der Waals surface area contributed by atoms with Gasteiger partial charge in [-0.05, 0) is 13.8 Å². The molecule has 7 nitrogen and oxygen atoms in total. The molecule has 0 unspecified atom stereocenters. The average molecular weight is 457 g/mol. The van der Waals surface area contributed by atoms with Gasteiger partial charge in [0, 0.05) is 15.7 Å². The van der Waals surface area contributed by atoms with E-state index < -0.39 is 45.8 Å². The summed E-state index contributed by atoms with van der Waals surface area (Å²) < 4.78 is -0.766. The van der Waals surface area contributed by atoms with Crippen molar-refractivity contribution in [2.24, 2.45) is 5.92 Å². The van der Waals surface area contributed by atoms with Gasteiger partial charge >= 0.3 is 51.4 Å². The zero-order chi connectivity index (χ0) is 20.2. The molecule has 10 heteroatoms. The number of rotatable bonds is 5. The molecule has 29 heavy (non-hydrogen) atoms. The van der Waals surface area contributed by atoms with Crippen LogP contribution < -0.4 is 56.5 Å². The number of β-lactam (4-membered cyclic amide) rings is 1. The van der Waals surface area contributed by atoms with Crippen LogP contribution in [0.2, 0.25) is 0 Å². The molecule has 2 aliphatic rings. The van der Waals surface area contributed by atoms with Gasteiger partial charge in [-0.25, -0.2) is 4.98 Å². The van der Waals surface area contributed by atoms with Gasteiger partial charge in [0.2, 0.25) is 11.7 Å². The van der Waals surface area contributed by atoms with Crippen LogP contribution in [-0.4, -0.2) is 54.9 Å². The molecule has 0 radical (unpaired) electrons. The van der Waals surface area contributed by atoms with Gasteiger partial charge in [-0.2, -0.15) is 0 Å². The van der Waals surface area contributed by atoms with E-state index in [2.05, 4.69) is 4.98 Å². The summed E-state index contributed by atoms with van der Waals surface area (Å²) in [5, 5.41) is 23.7.